The van der Waals surface area contributed by atoms with Crippen LogP contribution in [0.5, 0.6) is 11.5 Å². The number of hydrogen-bond acceptors (Lipinski definition) is 2. The number of hydrogen-bond donors (Lipinski definition) is 0. The minimum atomic E-state index is -0.152. The molecule has 0 unspecified atom stereocenters. The number of benzene rings is 4. The van der Waals surface area contributed by atoms with Crippen molar-refractivity contribution in [3.63, 3.8) is 0 Å². The lowest BCUT2D eigenvalue weighted by Gasteiger charge is -2.21. The third-order valence-corrected chi connectivity index (χ3v) is 6.66. The van der Waals surface area contributed by atoms with Crippen LogP contribution in [-0.2, 0) is 5.41 Å². The maximum absolute atomic E-state index is 5.44. The molecule has 2 heteroatoms. The van der Waals surface area contributed by atoms with Gasteiger partial charge >= 0.3 is 0 Å². The molecule has 0 aromatic heterocycles. The normalized spacial score (nSPS) is 18.9. The van der Waals surface area contributed by atoms with Crippen LogP contribution in [0.4, 0.5) is 0 Å². The average molecular weight is 407 g/mol. The van der Waals surface area contributed by atoms with Crippen molar-refractivity contribution in [1.29, 1.82) is 0 Å². The quantitative estimate of drug-likeness (QED) is 0.360. The lowest BCUT2D eigenvalue weighted by atomic mass is 9.82. The van der Waals surface area contributed by atoms with Gasteiger partial charge in [-0.05, 0) is 46.5 Å². The van der Waals surface area contributed by atoms with Gasteiger partial charge in [0.1, 0.15) is 11.5 Å². The Morgan fingerprint density at radius 1 is 0.484 bits per heavy atom. The monoisotopic (exact) mass is 406 g/mol. The third-order valence-electron chi connectivity index (χ3n) is 6.66. The number of rotatable bonds is 6. The van der Waals surface area contributed by atoms with E-state index in [0.717, 1.165) is 11.5 Å². The molecule has 1 aliphatic carbocycles. The van der Waals surface area contributed by atoms with Crippen LogP contribution in [0, 0.1) is 0 Å². The van der Waals surface area contributed by atoms with Gasteiger partial charge in [0.25, 0.3) is 0 Å². The van der Waals surface area contributed by atoms with Crippen molar-refractivity contribution in [3.05, 3.63) is 131 Å². The third kappa shape index (κ3) is 3.19. The van der Waals surface area contributed by atoms with Crippen LogP contribution in [0.15, 0.2) is 109 Å². The molecule has 0 spiro atoms. The fraction of sp³-hybridized carbons (Fsp3) is 0.172. The van der Waals surface area contributed by atoms with Crippen LogP contribution >= 0.6 is 0 Å². The van der Waals surface area contributed by atoms with E-state index in [-0.39, 0.29) is 5.41 Å². The molecule has 0 radical (unpaired) electrons. The van der Waals surface area contributed by atoms with Gasteiger partial charge in [-0.3, -0.25) is 0 Å². The highest BCUT2D eigenvalue weighted by molar-refractivity contribution is 5.62. The van der Waals surface area contributed by atoms with Gasteiger partial charge in [-0.15, -0.1) is 0 Å². The van der Waals surface area contributed by atoms with E-state index < -0.39 is 0 Å². The molecule has 1 fully saturated rings. The Morgan fingerprint density at radius 2 is 0.839 bits per heavy atom. The standard InChI is InChI=1S/C29H26O2/c1-30-25-17-13-23(14-18-25)29(24-15-19-26(31-2)20-16-24)27(21-9-5-3-6-10-21)28(29)22-11-7-4-8-12-22/h3-20,27-28H,1-2H3/t27-,28-/m0/s1. The molecule has 31 heavy (non-hydrogen) atoms. The molecule has 1 aliphatic rings. The van der Waals surface area contributed by atoms with Crippen LogP contribution in [-0.4, -0.2) is 14.2 Å². The molecule has 0 N–H and O–H groups in total. The summed E-state index contributed by atoms with van der Waals surface area (Å²) < 4.78 is 10.9. The molecule has 4 aromatic carbocycles. The Hall–Kier alpha value is -3.52. The van der Waals surface area contributed by atoms with Gasteiger partial charge in [-0.2, -0.15) is 0 Å². The molecule has 5 rings (SSSR count). The summed E-state index contributed by atoms with van der Waals surface area (Å²) in [5.74, 6) is 2.44. The zero-order valence-corrected chi connectivity index (χ0v) is 17.9. The van der Waals surface area contributed by atoms with E-state index in [1.54, 1.807) is 14.2 Å². The SMILES string of the molecule is COc1ccc(C2(c3ccc(OC)cc3)[C@@H](c3ccccc3)[C@@H]2c2ccccc2)cc1. The van der Waals surface area contributed by atoms with E-state index in [4.69, 9.17) is 9.47 Å². The van der Waals surface area contributed by atoms with Gasteiger partial charge in [-0.25, -0.2) is 0 Å². The van der Waals surface area contributed by atoms with E-state index in [1.807, 2.05) is 0 Å². The Morgan fingerprint density at radius 3 is 1.16 bits per heavy atom. The fourth-order valence-electron chi connectivity index (χ4n) is 5.24. The first-order valence-electron chi connectivity index (χ1n) is 10.7. The van der Waals surface area contributed by atoms with E-state index in [0.29, 0.717) is 11.8 Å². The average Bonchev–Trinajstić information content (AvgIpc) is 3.56. The summed E-state index contributed by atoms with van der Waals surface area (Å²) in [6.07, 6.45) is 0. The van der Waals surface area contributed by atoms with Crippen LogP contribution in [0.1, 0.15) is 34.1 Å². The van der Waals surface area contributed by atoms with Crippen molar-refractivity contribution in [3.8, 4) is 11.5 Å². The zero-order chi connectivity index (χ0) is 21.3. The van der Waals surface area contributed by atoms with Gasteiger partial charge in [-0.1, -0.05) is 84.9 Å². The highest BCUT2D eigenvalue weighted by Gasteiger charge is 2.67. The maximum Gasteiger partial charge on any atom is 0.118 e. The summed E-state index contributed by atoms with van der Waals surface area (Å²) in [5.41, 5.74) is 5.19. The molecular formula is C29H26O2. The summed E-state index contributed by atoms with van der Waals surface area (Å²) >= 11 is 0. The number of ether oxygens (including phenoxy) is 2. The maximum atomic E-state index is 5.44. The van der Waals surface area contributed by atoms with Crippen molar-refractivity contribution in [2.75, 3.05) is 14.2 Å². The zero-order valence-electron chi connectivity index (χ0n) is 17.9. The van der Waals surface area contributed by atoms with Crippen molar-refractivity contribution < 1.29 is 9.47 Å². The molecule has 1 saturated carbocycles. The second-order valence-corrected chi connectivity index (χ2v) is 8.10. The minimum absolute atomic E-state index is 0.152. The van der Waals surface area contributed by atoms with Gasteiger partial charge in [0.2, 0.25) is 0 Å². The minimum Gasteiger partial charge on any atom is -0.497 e. The lowest BCUT2D eigenvalue weighted by Crippen LogP contribution is -2.14. The summed E-state index contributed by atoms with van der Waals surface area (Å²) in [5, 5.41) is 0. The largest absolute Gasteiger partial charge is 0.497 e. The van der Waals surface area contributed by atoms with E-state index in [2.05, 4.69) is 109 Å². The van der Waals surface area contributed by atoms with Gasteiger partial charge in [0.15, 0.2) is 0 Å². The summed E-state index contributed by atoms with van der Waals surface area (Å²) in [4.78, 5) is 0. The Bertz CT molecular complexity index is 1040. The van der Waals surface area contributed by atoms with Gasteiger partial charge in [0.05, 0.1) is 14.2 Å². The van der Waals surface area contributed by atoms with Crippen molar-refractivity contribution >= 4 is 0 Å². The predicted octanol–water partition coefficient (Wildman–Crippen LogP) is 6.57. The van der Waals surface area contributed by atoms with Gasteiger partial charge < -0.3 is 9.47 Å². The molecule has 4 aromatic rings. The van der Waals surface area contributed by atoms with Gasteiger partial charge in [0, 0.05) is 17.3 Å². The van der Waals surface area contributed by atoms with Crippen LogP contribution < -0.4 is 9.47 Å². The Balaban J connectivity index is 1.74. The van der Waals surface area contributed by atoms with E-state index in [1.165, 1.54) is 22.3 Å². The fourth-order valence-corrected chi connectivity index (χ4v) is 5.24. The van der Waals surface area contributed by atoms with Crippen molar-refractivity contribution in [1.82, 2.24) is 0 Å². The first-order valence-corrected chi connectivity index (χ1v) is 10.7. The smallest absolute Gasteiger partial charge is 0.118 e. The topological polar surface area (TPSA) is 18.5 Å². The molecular weight excluding hydrogens is 380 g/mol. The molecule has 0 aliphatic heterocycles. The van der Waals surface area contributed by atoms with Crippen molar-refractivity contribution in [2.24, 2.45) is 0 Å². The van der Waals surface area contributed by atoms with Crippen LogP contribution in [0.25, 0.3) is 0 Å². The Kier molecular flexibility index (Phi) is 4.99. The van der Waals surface area contributed by atoms with Crippen molar-refractivity contribution in [2.45, 2.75) is 17.3 Å². The van der Waals surface area contributed by atoms with E-state index >= 15 is 0 Å². The summed E-state index contributed by atoms with van der Waals surface area (Å²) in [6, 6.07) is 39.0. The highest BCUT2D eigenvalue weighted by Crippen LogP contribution is 2.73. The molecule has 2 nitrogen and oxygen atoms in total. The summed E-state index contributed by atoms with van der Waals surface area (Å²) in [7, 11) is 3.43. The first-order chi connectivity index (χ1) is 15.3. The highest BCUT2D eigenvalue weighted by atomic mass is 16.5. The molecule has 2 atom stereocenters. The van der Waals surface area contributed by atoms with Crippen LogP contribution in [0.3, 0.4) is 0 Å². The number of methoxy groups -OCH3 is 2. The molecule has 0 amide bonds. The summed E-state index contributed by atoms with van der Waals surface area (Å²) in [6.45, 7) is 0. The predicted molar refractivity (Wildman–Crippen MR) is 125 cm³/mol. The molecule has 0 saturated heterocycles. The second-order valence-electron chi connectivity index (χ2n) is 8.10. The molecule has 154 valence electrons. The van der Waals surface area contributed by atoms with E-state index in [9.17, 15) is 0 Å². The Labute approximate surface area is 184 Å². The second kappa shape index (κ2) is 7.96. The first kappa shape index (κ1) is 19.4. The van der Waals surface area contributed by atoms with Crippen LogP contribution in [0.2, 0.25) is 0 Å². The molecule has 0 heterocycles. The lowest BCUT2D eigenvalue weighted by molar-refractivity contribution is 0.414. The molecule has 0 bridgehead atoms.